The first-order chi connectivity index (χ1) is 6.34. The van der Waals surface area contributed by atoms with Crippen LogP contribution >= 0.6 is 0 Å². The molecule has 0 amide bonds. The predicted molar refractivity (Wildman–Crippen MR) is 51.0 cm³/mol. The van der Waals surface area contributed by atoms with E-state index < -0.39 is 0 Å². The molecule has 13 heavy (non-hydrogen) atoms. The smallest absolute Gasteiger partial charge is 0.216 e. The second kappa shape index (κ2) is 5.54. The number of aromatic nitrogens is 1. The Bertz CT molecular complexity index is 250. The van der Waals surface area contributed by atoms with Crippen molar-refractivity contribution in [2.45, 2.75) is 13.3 Å². The van der Waals surface area contributed by atoms with Crippen LogP contribution in [0.4, 0.5) is 0 Å². The Morgan fingerprint density at radius 2 is 2.23 bits per heavy atom. The average molecular weight is 181 g/mol. The van der Waals surface area contributed by atoms with Crippen LogP contribution in [0.5, 0.6) is 5.88 Å². The first-order valence-electron chi connectivity index (χ1n) is 4.38. The van der Waals surface area contributed by atoms with Crippen molar-refractivity contribution in [2.75, 3.05) is 20.3 Å². The van der Waals surface area contributed by atoms with Crippen LogP contribution in [-0.4, -0.2) is 25.3 Å². The van der Waals surface area contributed by atoms with E-state index in [1.807, 2.05) is 19.1 Å². The molecule has 3 heteroatoms. The van der Waals surface area contributed by atoms with Crippen LogP contribution in [0.2, 0.25) is 0 Å². The van der Waals surface area contributed by atoms with Gasteiger partial charge in [0.25, 0.3) is 0 Å². The van der Waals surface area contributed by atoms with Gasteiger partial charge in [0.1, 0.15) is 0 Å². The van der Waals surface area contributed by atoms with E-state index in [9.17, 15) is 0 Å². The highest BCUT2D eigenvalue weighted by molar-refractivity contribution is 5.23. The van der Waals surface area contributed by atoms with Gasteiger partial charge >= 0.3 is 0 Å². The third kappa shape index (κ3) is 3.42. The molecule has 0 aliphatic heterocycles. The molecular formula is C10H15NO2. The third-order valence-corrected chi connectivity index (χ3v) is 1.69. The molecule has 0 saturated carbocycles. The standard InChI is InChI=1S/C10H15NO2/c1-9-5-3-6-11-10(9)13-8-4-7-12-2/h3,5-6H,4,7-8H2,1-2H3. The molecule has 0 fully saturated rings. The van der Waals surface area contributed by atoms with E-state index in [0.29, 0.717) is 6.61 Å². The van der Waals surface area contributed by atoms with Crippen LogP contribution in [0, 0.1) is 6.92 Å². The normalized spacial score (nSPS) is 10.0. The highest BCUT2D eigenvalue weighted by atomic mass is 16.5. The van der Waals surface area contributed by atoms with Gasteiger partial charge in [-0.15, -0.1) is 0 Å². The molecule has 0 spiro atoms. The molecule has 0 bridgehead atoms. The topological polar surface area (TPSA) is 31.4 Å². The van der Waals surface area contributed by atoms with E-state index in [1.54, 1.807) is 13.3 Å². The zero-order valence-electron chi connectivity index (χ0n) is 8.12. The minimum Gasteiger partial charge on any atom is -0.477 e. The monoisotopic (exact) mass is 181 g/mol. The van der Waals surface area contributed by atoms with Crippen molar-refractivity contribution >= 4 is 0 Å². The van der Waals surface area contributed by atoms with Crippen molar-refractivity contribution in [2.24, 2.45) is 0 Å². The zero-order valence-corrected chi connectivity index (χ0v) is 8.12. The van der Waals surface area contributed by atoms with Crippen LogP contribution in [0.25, 0.3) is 0 Å². The quantitative estimate of drug-likeness (QED) is 0.649. The summed E-state index contributed by atoms with van der Waals surface area (Å²) in [5.74, 6) is 0.721. The summed E-state index contributed by atoms with van der Waals surface area (Å²) >= 11 is 0. The molecule has 0 saturated heterocycles. The Hall–Kier alpha value is -1.09. The van der Waals surface area contributed by atoms with Crippen molar-refractivity contribution in [1.82, 2.24) is 4.98 Å². The van der Waals surface area contributed by atoms with E-state index >= 15 is 0 Å². The van der Waals surface area contributed by atoms with Crippen molar-refractivity contribution in [3.63, 3.8) is 0 Å². The molecule has 0 atom stereocenters. The van der Waals surface area contributed by atoms with E-state index in [2.05, 4.69) is 4.98 Å². The fourth-order valence-corrected chi connectivity index (χ4v) is 0.994. The predicted octanol–water partition coefficient (Wildman–Crippen LogP) is 1.81. The molecular weight excluding hydrogens is 166 g/mol. The maximum absolute atomic E-state index is 5.45. The largest absolute Gasteiger partial charge is 0.477 e. The lowest BCUT2D eigenvalue weighted by Gasteiger charge is -2.06. The summed E-state index contributed by atoms with van der Waals surface area (Å²) in [6, 6.07) is 3.88. The molecule has 1 rings (SSSR count). The SMILES string of the molecule is COCCCOc1ncccc1C. The van der Waals surface area contributed by atoms with E-state index in [4.69, 9.17) is 9.47 Å². The molecule has 0 unspecified atom stereocenters. The first-order valence-corrected chi connectivity index (χ1v) is 4.38. The van der Waals surface area contributed by atoms with Crippen LogP contribution < -0.4 is 4.74 Å². The number of hydrogen-bond donors (Lipinski definition) is 0. The Kier molecular flexibility index (Phi) is 4.26. The summed E-state index contributed by atoms with van der Waals surface area (Å²) in [5.41, 5.74) is 1.07. The van der Waals surface area contributed by atoms with Gasteiger partial charge in [0.2, 0.25) is 5.88 Å². The second-order valence-corrected chi connectivity index (χ2v) is 2.82. The Labute approximate surface area is 78.7 Å². The van der Waals surface area contributed by atoms with E-state index in [1.165, 1.54) is 0 Å². The maximum atomic E-state index is 5.45. The van der Waals surface area contributed by atoms with Gasteiger partial charge in [0, 0.05) is 31.9 Å². The Balaban J connectivity index is 2.32. The van der Waals surface area contributed by atoms with Gasteiger partial charge in [-0.25, -0.2) is 4.98 Å². The summed E-state index contributed by atoms with van der Waals surface area (Å²) in [7, 11) is 1.69. The highest BCUT2D eigenvalue weighted by Gasteiger charge is 1.97. The van der Waals surface area contributed by atoms with Crippen molar-refractivity contribution in [1.29, 1.82) is 0 Å². The van der Waals surface area contributed by atoms with E-state index in [0.717, 1.165) is 24.5 Å². The summed E-state index contributed by atoms with van der Waals surface area (Å²) in [6.45, 7) is 3.37. The molecule has 1 aromatic rings. The third-order valence-electron chi connectivity index (χ3n) is 1.69. The Morgan fingerprint density at radius 1 is 1.38 bits per heavy atom. The molecule has 72 valence electrons. The summed E-state index contributed by atoms with van der Waals surface area (Å²) in [6.07, 6.45) is 2.63. The lowest BCUT2D eigenvalue weighted by atomic mass is 10.3. The summed E-state index contributed by atoms with van der Waals surface area (Å²) < 4.78 is 10.4. The molecule has 1 heterocycles. The van der Waals surface area contributed by atoms with Gasteiger partial charge in [-0.05, 0) is 13.0 Å². The average Bonchev–Trinajstić information content (AvgIpc) is 2.15. The molecule has 0 aliphatic carbocycles. The number of rotatable bonds is 5. The van der Waals surface area contributed by atoms with Gasteiger partial charge < -0.3 is 9.47 Å². The second-order valence-electron chi connectivity index (χ2n) is 2.82. The number of pyridine rings is 1. The molecule has 1 aromatic heterocycles. The number of methoxy groups -OCH3 is 1. The number of ether oxygens (including phenoxy) is 2. The highest BCUT2D eigenvalue weighted by Crippen LogP contribution is 2.11. The fourth-order valence-electron chi connectivity index (χ4n) is 0.994. The summed E-state index contributed by atoms with van der Waals surface area (Å²) in [5, 5.41) is 0. The lowest BCUT2D eigenvalue weighted by Crippen LogP contribution is -2.03. The molecule has 0 aliphatic rings. The summed E-state index contributed by atoms with van der Waals surface area (Å²) in [4.78, 5) is 4.11. The van der Waals surface area contributed by atoms with E-state index in [-0.39, 0.29) is 0 Å². The minimum absolute atomic E-state index is 0.658. The van der Waals surface area contributed by atoms with Gasteiger partial charge in [0.05, 0.1) is 6.61 Å². The van der Waals surface area contributed by atoms with Gasteiger partial charge in [0.15, 0.2) is 0 Å². The van der Waals surface area contributed by atoms with Crippen LogP contribution in [0.3, 0.4) is 0 Å². The molecule has 0 N–H and O–H groups in total. The molecule has 0 aromatic carbocycles. The Morgan fingerprint density at radius 3 is 2.92 bits per heavy atom. The molecule has 0 radical (unpaired) electrons. The lowest BCUT2D eigenvalue weighted by molar-refractivity contribution is 0.170. The number of nitrogens with zero attached hydrogens (tertiary/aromatic N) is 1. The van der Waals surface area contributed by atoms with Gasteiger partial charge in [-0.1, -0.05) is 6.07 Å². The minimum atomic E-state index is 0.658. The maximum Gasteiger partial charge on any atom is 0.216 e. The van der Waals surface area contributed by atoms with Gasteiger partial charge in [-0.2, -0.15) is 0 Å². The molecule has 3 nitrogen and oxygen atoms in total. The zero-order chi connectivity index (χ0) is 9.52. The van der Waals surface area contributed by atoms with Crippen LogP contribution in [0.15, 0.2) is 18.3 Å². The first kappa shape index (κ1) is 9.99. The van der Waals surface area contributed by atoms with Crippen molar-refractivity contribution in [3.8, 4) is 5.88 Å². The van der Waals surface area contributed by atoms with Crippen molar-refractivity contribution in [3.05, 3.63) is 23.9 Å². The van der Waals surface area contributed by atoms with Gasteiger partial charge in [-0.3, -0.25) is 0 Å². The van der Waals surface area contributed by atoms with Crippen LogP contribution in [-0.2, 0) is 4.74 Å². The fraction of sp³-hybridized carbons (Fsp3) is 0.500. The van der Waals surface area contributed by atoms with Crippen molar-refractivity contribution < 1.29 is 9.47 Å². The number of hydrogen-bond acceptors (Lipinski definition) is 3. The van der Waals surface area contributed by atoms with Crippen LogP contribution in [0.1, 0.15) is 12.0 Å². The number of aryl methyl sites for hydroxylation is 1.